The van der Waals surface area contributed by atoms with Crippen LogP contribution in [-0.2, 0) is 4.79 Å². The van der Waals surface area contributed by atoms with Crippen LogP contribution in [0.15, 0.2) is 42.9 Å². The Morgan fingerprint density at radius 1 is 1.36 bits per heavy atom. The number of carbonyl (C=O) groups excluding carboxylic acids is 1. The monoisotopic (exact) mass is 299 g/mol. The van der Waals surface area contributed by atoms with Crippen molar-refractivity contribution in [2.24, 2.45) is 0 Å². The maximum Gasteiger partial charge on any atom is 0.217 e. The number of nitrogens with one attached hydrogen (secondary N) is 1. The highest BCUT2D eigenvalue weighted by Gasteiger charge is 2.33. The Bertz CT molecular complexity index is 663. The van der Waals surface area contributed by atoms with Crippen LogP contribution in [0.4, 0.5) is 0 Å². The molecular formula is C16H17N3O3. The van der Waals surface area contributed by atoms with Crippen LogP contribution in [0.25, 0.3) is 0 Å². The van der Waals surface area contributed by atoms with Gasteiger partial charge in [-0.1, -0.05) is 18.2 Å². The normalized spacial score (nSPS) is 23.8. The lowest BCUT2D eigenvalue weighted by atomic mass is 9.97. The van der Waals surface area contributed by atoms with Crippen molar-refractivity contribution in [3.05, 3.63) is 54.1 Å². The summed E-state index contributed by atoms with van der Waals surface area (Å²) in [5, 5.41) is 13.4. The quantitative estimate of drug-likeness (QED) is 0.878. The van der Waals surface area contributed by atoms with Gasteiger partial charge in [0.1, 0.15) is 18.0 Å². The van der Waals surface area contributed by atoms with Gasteiger partial charge in [-0.05, 0) is 6.07 Å². The first-order valence-electron chi connectivity index (χ1n) is 7.12. The first-order valence-corrected chi connectivity index (χ1v) is 7.12. The fourth-order valence-electron chi connectivity index (χ4n) is 2.67. The van der Waals surface area contributed by atoms with E-state index in [9.17, 15) is 9.90 Å². The van der Waals surface area contributed by atoms with E-state index in [0.717, 1.165) is 0 Å². The predicted octanol–water partition coefficient (Wildman–Crippen LogP) is 1.54. The third kappa shape index (κ3) is 2.92. The lowest BCUT2D eigenvalue weighted by Gasteiger charge is -2.23. The third-order valence-electron chi connectivity index (χ3n) is 3.66. The van der Waals surface area contributed by atoms with Gasteiger partial charge in [-0.25, -0.2) is 0 Å². The Kier molecular flexibility index (Phi) is 4.02. The molecule has 3 atom stereocenters. The van der Waals surface area contributed by atoms with Crippen molar-refractivity contribution in [2.75, 3.05) is 0 Å². The minimum atomic E-state index is -0.832. The smallest absolute Gasteiger partial charge is 0.217 e. The summed E-state index contributed by atoms with van der Waals surface area (Å²) in [6.45, 7) is 1.43. The number of hydrogen-bond acceptors (Lipinski definition) is 5. The van der Waals surface area contributed by atoms with Crippen LogP contribution < -0.4 is 10.1 Å². The van der Waals surface area contributed by atoms with Crippen molar-refractivity contribution in [1.82, 2.24) is 15.3 Å². The number of amides is 1. The average Bonchev–Trinajstić information content (AvgIpc) is 2.66. The van der Waals surface area contributed by atoms with Gasteiger partial charge in [0, 0.05) is 31.3 Å². The van der Waals surface area contributed by atoms with Gasteiger partial charge in [0.05, 0.1) is 17.9 Å². The van der Waals surface area contributed by atoms with Crippen LogP contribution in [0.5, 0.6) is 5.75 Å². The number of ether oxygens (including phenoxy) is 1. The molecule has 2 N–H and O–H groups in total. The average molecular weight is 299 g/mol. The van der Waals surface area contributed by atoms with E-state index in [1.165, 1.54) is 6.92 Å². The molecule has 1 amide bonds. The van der Waals surface area contributed by atoms with Crippen molar-refractivity contribution < 1.29 is 14.6 Å². The molecule has 22 heavy (non-hydrogen) atoms. The van der Waals surface area contributed by atoms with E-state index in [1.54, 1.807) is 30.7 Å². The highest BCUT2D eigenvalue weighted by atomic mass is 16.5. The second-order valence-corrected chi connectivity index (χ2v) is 5.26. The molecule has 1 aromatic heterocycles. The van der Waals surface area contributed by atoms with Crippen LogP contribution in [-0.4, -0.2) is 27.0 Å². The molecule has 2 heterocycles. The van der Waals surface area contributed by atoms with E-state index in [4.69, 9.17) is 4.74 Å². The zero-order chi connectivity index (χ0) is 15.5. The minimum absolute atomic E-state index is 0.193. The van der Waals surface area contributed by atoms with Crippen LogP contribution >= 0.6 is 0 Å². The number of nitrogens with zero attached hydrogens (tertiary/aromatic N) is 2. The number of fused-ring (bicyclic) bond motifs is 1. The summed E-state index contributed by atoms with van der Waals surface area (Å²) in [4.78, 5) is 19.8. The van der Waals surface area contributed by atoms with E-state index < -0.39 is 12.1 Å². The molecule has 6 nitrogen and oxygen atoms in total. The Labute approximate surface area is 128 Å². The molecular weight excluding hydrogens is 282 g/mol. The molecule has 3 rings (SSSR count). The molecule has 0 bridgehead atoms. The van der Waals surface area contributed by atoms with Crippen LogP contribution in [0, 0.1) is 0 Å². The molecule has 1 aromatic carbocycles. The molecule has 2 aromatic rings. The maximum absolute atomic E-state index is 11.4. The number of aromatic nitrogens is 2. The Hall–Kier alpha value is -2.47. The summed E-state index contributed by atoms with van der Waals surface area (Å²) in [6, 6.07) is 6.83. The fraction of sp³-hybridized carbons (Fsp3) is 0.312. The van der Waals surface area contributed by atoms with E-state index in [2.05, 4.69) is 15.3 Å². The number of aliphatic hydroxyl groups is 1. The van der Waals surface area contributed by atoms with Gasteiger partial charge in [0.2, 0.25) is 5.91 Å². The molecule has 0 saturated heterocycles. The minimum Gasteiger partial charge on any atom is -0.484 e. The van der Waals surface area contributed by atoms with Crippen LogP contribution in [0.1, 0.15) is 36.8 Å². The van der Waals surface area contributed by atoms with Crippen molar-refractivity contribution in [3.8, 4) is 5.75 Å². The number of benzene rings is 1. The highest BCUT2D eigenvalue weighted by Crippen LogP contribution is 2.37. The molecule has 0 saturated carbocycles. The summed E-state index contributed by atoms with van der Waals surface area (Å²) in [7, 11) is 0. The van der Waals surface area contributed by atoms with Gasteiger partial charge >= 0.3 is 0 Å². The van der Waals surface area contributed by atoms with Crippen LogP contribution in [0.3, 0.4) is 0 Å². The van der Waals surface area contributed by atoms with Gasteiger partial charge in [-0.15, -0.1) is 0 Å². The lowest BCUT2D eigenvalue weighted by molar-refractivity contribution is -0.120. The zero-order valence-corrected chi connectivity index (χ0v) is 12.1. The molecule has 0 fully saturated rings. The number of rotatable bonds is 2. The summed E-state index contributed by atoms with van der Waals surface area (Å²) in [5.74, 6) is 0.403. The molecule has 3 unspecified atom stereocenters. The summed E-state index contributed by atoms with van der Waals surface area (Å²) in [6.07, 6.45) is 4.02. The Morgan fingerprint density at radius 2 is 2.18 bits per heavy atom. The molecule has 0 spiro atoms. The topological polar surface area (TPSA) is 84.3 Å². The summed E-state index contributed by atoms with van der Waals surface area (Å²) >= 11 is 0. The molecule has 6 heteroatoms. The van der Waals surface area contributed by atoms with E-state index in [0.29, 0.717) is 23.4 Å². The van der Waals surface area contributed by atoms with Gasteiger partial charge in [0.25, 0.3) is 0 Å². The molecule has 114 valence electrons. The highest BCUT2D eigenvalue weighted by molar-refractivity contribution is 5.73. The zero-order valence-electron chi connectivity index (χ0n) is 12.1. The van der Waals surface area contributed by atoms with Crippen molar-refractivity contribution in [1.29, 1.82) is 0 Å². The van der Waals surface area contributed by atoms with E-state index in [-0.39, 0.29) is 12.0 Å². The lowest BCUT2D eigenvalue weighted by Crippen LogP contribution is -2.38. The molecule has 1 aliphatic rings. The predicted molar refractivity (Wildman–Crippen MR) is 79.0 cm³/mol. The second-order valence-electron chi connectivity index (χ2n) is 5.26. The van der Waals surface area contributed by atoms with Crippen molar-refractivity contribution in [3.63, 3.8) is 0 Å². The summed E-state index contributed by atoms with van der Waals surface area (Å²) < 4.78 is 6.01. The van der Waals surface area contributed by atoms with Crippen molar-refractivity contribution in [2.45, 2.75) is 31.6 Å². The first kappa shape index (κ1) is 14.5. The molecule has 0 aliphatic carbocycles. The number of hydrogen-bond donors (Lipinski definition) is 2. The second kappa shape index (κ2) is 6.11. The fourth-order valence-corrected chi connectivity index (χ4v) is 2.67. The first-order chi connectivity index (χ1) is 10.6. The van der Waals surface area contributed by atoms with Gasteiger partial charge < -0.3 is 15.2 Å². The van der Waals surface area contributed by atoms with Gasteiger partial charge in [0.15, 0.2) is 0 Å². The molecule has 0 radical (unpaired) electrons. The largest absolute Gasteiger partial charge is 0.484 e. The van der Waals surface area contributed by atoms with E-state index in [1.807, 2.05) is 12.1 Å². The van der Waals surface area contributed by atoms with Crippen molar-refractivity contribution >= 4 is 5.91 Å². The van der Waals surface area contributed by atoms with Gasteiger partial charge in [-0.3, -0.25) is 14.8 Å². The number of carbonyl (C=O) groups is 1. The Morgan fingerprint density at radius 3 is 2.91 bits per heavy atom. The maximum atomic E-state index is 11.4. The molecule has 1 aliphatic heterocycles. The summed E-state index contributed by atoms with van der Waals surface area (Å²) in [5.41, 5.74) is 1.33. The SMILES string of the molecule is CC(=O)NC1CC(c2cnccn2)Oc2ccccc2C1O. The Balaban J connectivity index is 1.99. The van der Waals surface area contributed by atoms with Gasteiger partial charge in [-0.2, -0.15) is 0 Å². The standard InChI is InChI=1S/C16H17N3O3/c1-10(20)19-12-8-15(13-9-17-6-7-18-13)22-14-5-3-2-4-11(14)16(12)21/h2-7,9,12,15-16,21H,8H2,1H3,(H,19,20). The van der Waals surface area contributed by atoms with E-state index >= 15 is 0 Å². The number of para-hydroxylation sites is 1. The third-order valence-corrected chi connectivity index (χ3v) is 3.66. The number of aliphatic hydroxyl groups excluding tert-OH is 1. The van der Waals surface area contributed by atoms with Crippen LogP contribution in [0.2, 0.25) is 0 Å².